The van der Waals surface area contributed by atoms with Crippen LogP contribution < -0.4 is 10.6 Å². The molecule has 0 aliphatic rings. The molecule has 0 aromatic heterocycles. The Morgan fingerprint density at radius 2 is 1.50 bits per heavy atom. The third-order valence-corrected chi connectivity index (χ3v) is 5.19. The molecule has 0 bridgehead atoms. The highest BCUT2D eigenvalue weighted by molar-refractivity contribution is 6.39. The molecule has 0 fully saturated rings. The van der Waals surface area contributed by atoms with E-state index in [2.05, 4.69) is 36.6 Å². The zero-order valence-corrected chi connectivity index (χ0v) is 19.3. The first-order valence-electron chi connectivity index (χ1n) is 9.96. The molecule has 0 saturated carbocycles. The monoisotopic (exact) mass is 449 g/mol. The molecule has 0 aliphatic heterocycles. The van der Waals surface area contributed by atoms with Gasteiger partial charge in [0.15, 0.2) is 0 Å². The summed E-state index contributed by atoms with van der Waals surface area (Å²) >= 11 is 12.1. The van der Waals surface area contributed by atoms with Gasteiger partial charge in [0.1, 0.15) is 0 Å². The molecule has 0 radical (unpaired) electrons. The molecule has 2 rings (SSSR count). The van der Waals surface area contributed by atoms with Gasteiger partial charge in [0.05, 0.1) is 34.9 Å². The van der Waals surface area contributed by atoms with Crippen LogP contribution in [0, 0.1) is 5.92 Å². The molecule has 7 heteroatoms. The Balaban J connectivity index is 1.82. The first-order valence-corrected chi connectivity index (χ1v) is 10.7. The van der Waals surface area contributed by atoms with Crippen LogP contribution in [0.25, 0.3) is 0 Å². The van der Waals surface area contributed by atoms with Gasteiger partial charge in [-0.25, -0.2) is 0 Å². The zero-order chi connectivity index (χ0) is 22.3. The largest absolute Gasteiger partial charge is 0.348 e. The molecule has 1 atom stereocenters. The highest BCUT2D eigenvalue weighted by atomic mass is 35.5. The Morgan fingerprint density at radius 3 is 2.07 bits per heavy atom. The molecule has 0 spiro atoms. The third-order valence-electron chi connectivity index (χ3n) is 4.56. The van der Waals surface area contributed by atoms with Crippen LogP contribution in [-0.4, -0.2) is 36.9 Å². The van der Waals surface area contributed by atoms with Crippen LogP contribution in [0.3, 0.4) is 0 Å². The van der Waals surface area contributed by atoms with Crippen LogP contribution in [-0.2, 0) is 16.0 Å². The van der Waals surface area contributed by atoms with Gasteiger partial charge in [0.2, 0.25) is 11.8 Å². The van der Waals surface area contributed by atoms with Crippen molar-refractivity contribution in [1.29, 1.82) is 0 Å². The number of hydrogen-bond donors (Lipinski definition) is 2. The fourth-order valence-electron chi connectivity index (χ4n) is 3.13. The lowest BCUT2D eigenvalue weighted by atomic mass is 10.00. The van der Waals surface area contributed by atoms with Crippen molar-refractivity contribution in [2.45, 2.75) is 33.2 Å². The lowest BCUT2D eigenvalue weighted by Gasteiger charge is -2.19. The minimum Gasteiger partial charge on any atom is -0.348 e. The number of nitrogens with one attached hydrogen (secondary N) is 2. The molecule has 2 N–H and O–H groups in total. The van der Waals surface area contributed by atoms with Gasteiger partial charge in [-0.05, 0) is 49.6 Å². The number of halogens is 2. The summed E-state index contributed by atoms with van der Waals surface area (Å²) in [6, 6.07) is 13.2. The number of carbonyl (C=O) groups excluding carboxylic acids is 2. The van der Waals surface area contributed by atoms with E-state index in [4.69, 9.17) is 23.2 Å². The first kappa shape index (κ1) is 24.2. The van der Waals surface area contributed by atoms with E-state index in [1.807, 2.05) is 19.1 Å². The average Bonchev–Trinajstić information content (AvgIpc) is 2.64. The Morgan fingerprint density at radius 1 is 0.933 bits per heavy atom. The van der Waals surface area contributed by atoms with E-state index in [1.165, 1.54) is 5.56 Å². The standard InChI is InChI=1S/C23H29Cl2N3O2/c1-15(2)12-17-8-10-18(11-9-17)16(3)26-21(29)13-28(4)14-22(30)27-23-19(24)6-5-7-20(23)25/h5-11,15-16H,12-14H2,1-4H3,(H,26,29)(H,27,30). The second-order valence-corrected chi connectivity index (χ2v) is 8.76. The van der Waals surface area contributed by atoms with Crippen LogP contribution in [0.4, 0.5) is 5.69 Å². The highest BCUT2D eigenvalue weighted by Crippen LogP contribution is 2.29. The summed E-state index contributed by atoms with van der Waals surface area (Å²) in [6.45, 7) is 6.46. The number of hydrogen-bond acceptors (Lipinski definition) is 3. The molecule has 30 heavy (non-hydrogen) atoms. The van der Waals surface area contributed by atoms with E-state index in [0.29, 0.717) is 21.7 Å². The maximum Gasteiger partial charge on any atom is 0.238 e. The molecular weight excluding hydrogens is 421 g/mol. The lowest BCUT2D eigenvalue weighted by Crippen LogP contribution is -2.39. The Bertz CT molecular complexity index is 849. The van der Waals surface area contributed by atoms with Crippen molar-refractivity contribution in [3.63, 3.8) is 0 Å². The quantitative estimate of drug-likeness (QED) is 0.569. The van der Waals surface area contributed by atoms with Crippen molar-refractivity contribution in [3.8, 4) is 0 Å². The van der Waals surface area contributed by atoms with Crippen LogP contribution >= 0.6 is 23.2 Å². The van der Waals surface area contributed by atoms with E-state index in [1.54, 1.807) is 30.1 Å². The summed E-state index contributed by atoms with van der Waals surface area (Å²) in [5, 5.41) is 6.40. The van der Waals surface area contributed by atoms with Crippen molar-refractivity contribution in [1.82, 2.24) is 10.2 Å². The molecule has 2 aromatic carbocycles. The number of benzene rings is 2. The van der Waals surface area contributed by atoms with E-state index in [0.717, 1.165) is 12.0 Å². The smallest absolute Gasteiger partial charge is 0.238 e. The molecule has 162 valence electrons. The second kappa shape index (κ2) is 11.3. The molecule has 2 amide bonds. The van der Waals surface area contributed by atoms with Gasteiger partial charge in [-0.3, -0.25) is 14.5 Å². The lowest BCUT2D eigenvalue weighted by molar-refractivity contribution is -0.123. The Labute approximate surface area is 188 Å². The summed E-state index contributed by atoms with van der Waals surface area (Å²) in [4.78, 5) is 26.3. The maximum atomic E-state index is 12.4. The molecule has 5 nitrogen and oxygen atoms in total. The molecule has 2 aromatic rings. The van der Waals surface area contributed by atoms with Gasteiger partial charge in [0.25, 0.3) is 0 Å². The molecule has 0 heterocycles. The number of rotatable bonds is 9. The van der Waals surface area contributed by atoms with Gasteiger partial charge in [-0.1, -0.05) is 67.4 Å². The number of carbonyl (C=O) groups is 2. The molecule has 0 saturated heterocycles. The second-order valence-electron chi connectivity index (χ2n) is 7.95. The van der Waals surface area contributed by atoms with E-state index >= 15 is 0 Å². The number of nitrogens with zero attached hydrogens (tertiary/aromatic N) is 1. The summed E-state index contributed by atoms with van der Waals surface area (Å²) in [5.41, 5.74) is 2.71. The molecule has 0 aliphatic carbocycles. The SMILES string of the molecule is CC(C)Cc1ccc(C(C)NC(=O)CN(C)CC(=O)Nc2c(Cl)cccc2Cl)cc1. The Hall–Kier alpha value is -2.08. The number of para-hydroxylation sites is 1. The van der Waals surface area contributed by atoms with Crippen molar-refractivity contribution in [3.05, 3.63) is 63.6 Å². The summed E-state index contributed by atoms with van der Waals surface area (Å²) in [7, 11) is 1.71. The molecule has 1 unspecified atom stereocenters. The van der Waals surface area contributed by atoms with Gasteiger partial charge >= 0.3 is 0 Å². The van der Waals surface area contributed by atoms with Gasteiger partial charge in [-0.15, -0.1) is 0 Å². The third kappa shape index (κ3) is 7.63. The van der Waals surface area contributed by atoms with Gasteiger partial charge in [0, 0.05) is 0 Å². The van der Waals surface area contributed by atoms with Crippen molar-refractivity contribution >= 4 is 40.7 Å². The van der Waals surface area contributed by atoms with Crippen LogP contribution in [0.15, 0.2) is 42.5 Å². The van der Waals surface area contributed by atoms with Crippen molar-refractivity contribution in [2.24, 2.45) is 5.92 Å². The van der Waals surface area contributed by atoms with Crippen LogP contribution in [0.2, 0.25) is 10.0 Å². The predicted molar refractivity (Wildman–Crippen MR) is 124 cm³/mol. The highest BCUT2D eigenvalue weighted by Gasteiger charge is 2.15. The topological polar surface area (TPSA) is 61.4 Å². The maximum absolute atomic E-state index is 12.4. The first-order chi connectivity index (χ1) is 14.2. The fourth-order valence-corrected chi connectivity index (χ4v) is 3.62. The van der Waals surface area contributed by atoms with Crippen molar-refractivity contribution < 1.29 is 9.59 Å². The summed E-state index contributed by atoms with van der Waals surface area (Å²) in [5.74, 6) is 0.156. The normalized spacial score (nSPS) is 12.1. The van der Waals surface area contributed by atoms with E-state index < -0.39 is 0 Å². The average molecular weight is 450 g/mol. The Kier molecular flexibility index (Phi) is 9.15. The predicted octanol–water partition coefficient (Wildman–Crippen LogP) is 4.94. The van der Waals surface area contributed by atoms with Crippen LogP contribution in [0.5, 0.6) is 0 Å². The van der Waals surface area contributed by atoms with Crippen molar-refractivity contribution in [2.75, 3.05) is 25.5 Å². The van der Waals surface area contributed by atoms with E-state index in [-0.39, 0.29) is 30.9 Å². The number of anilines is 1. The van der Waals surface area contributed by atoms with Crippen LogP contribution in [0.1, 0.15) is 37.9 Å². The minimum absolute atomic E-state index is 0.0350. The number of likely N-dealkylation sites (N-methyl/N-ethyl adjacent to an activating group) is 1. The summed E-state index contributed by atoms with van der Waals surface area (Å²) < 4.78 is 0. The summed E-state index contributed by atoms with van der Waals surface area (Å²) in [6.07, 6.45) is 1.04. The van der Waals surface area contributed by atoms with Gasteiger partial charge < -0.3 is 10.6 Å². The minimum atomic E-state index is -0.297. The number of amides is 2. The molecular formula is C23H29Cl2N3O2. The fraction of sp³-hybridized carbons (Fsp3) is 0.391. The van der Waals surface area contributed by atoms with Gasteiger partial charge in [-0.2, -0.15) is 0 Å². The van der Waals surface area contributed by atoms with E-state index in [9.17, 15) is 9.59 Å². The zero-order valence-electron chi connectivity index (χ0n) is 17.8.